The van der Waals surface area contributed by atoms with Gasteiger partial charge in [-0.05, 0) is 24.3 Å². The van der Waals surface area contributed by atoms with Crippen molar-refractivity contribution in [2.24, 2.45) is 0 Å². The summed E-state index contributed by atoms with van der Waals surface area (Å²) in [6.07, 6.45) is 0.683. The van der Waals surface area contributed by atoms with Crippen molar-refractivity contribution in [2.75, 3.05) is 38.2 Å². The van der Waals surface area contributed by atoms with E-state index in [2.05, 4.69) is 4.90 Å². The monoisotopic (exact) mass is 497 g/mol. The van der Waals surface area contributed by atoms with Gasteiger partial charge in [-0.1, -0.05) is 41.4 Å². The molecular formula is C21H21Cl2N3O3S2. The highest BCUT2D eigenvalue weighted by atomic mass is 35.5. The summed E-state index contributed by atoms with van der Waals surface area (Å²) >= 11 is 13.7. The average Bonchev–Trinajstić information content (AvgIpc) is 3.24. The van der Waals surface area contributed by atoms with E-state index in [1.165, 1.54) is 16.4 Å². The molecule has 0 saturated carbocycles. The number of rotatable bonds is 6. The third-order valence-corrected chi connectivity index (χ3v) is 8.69. The van der Waals surface area contributed by atoms with E-state index < -0.39 is 10.0 Å². The number of para-hydroxylation sites is 1. The van der Waals surface area contributed by atoms with Gasteiger partial charge in [-0.25, -0.2) is 13.4 Å². The molecule has 2 heterocycles. The quantitative estimate of drug-likeness (QED) is 0.499. The van der Waals surface area contributed by atoms with Gasteiger partial charge in [0.05, 0.1) is 17.8 Å². The van der Waals surface area contributed by atoms with Crippen molar-refractivity contribution in [3.8, 4) is 5.75 Å². The number of methoxy groups -OCH3 is 1. The molecule has 0 spiro atoms. The van der Waals surface area contributed by atoms with Crippen LogP contribution in [0.25, 0.3) is 0 Å². The maximum atomic E-state index is 13.0. The minimum absolute atomic E-state index is 0.0449. The molecule has 0 bridgehead atoms. The lowest BCUT2D eigenvalue weighted by Crippen LogP contribution is -2.48. The minimum Gasteiger partial charge on any atom is -0.496 e. The molecule has 10 heteroatoms. The van der Waals surface area contributed by atoms with Crippen LogP contribution in [0.2, 0.25) is 10.0 Å². The maximum Gasteiger partial charge on any atom is 0.244 e. The summed E-state index contributed by atoms with van der Waals surface area (Å²) < 4.78 is 32.9. The SMILES string of the molecule is COc1ccccc1Cc1csc(N2CCN(S(=O)(=O)c3cc(Cl)ccc3Cl)CC2)n1. The highest BCUT2D eigenvalue weighted by molar-refractivity contribution is 7.89. The molecular weight excluding hydrogens is 477 g/mol. The number of benzene rings is 2. The smallest absolute Gasteiger partial charge is 0.244 e. The molecule has 0 amide bonds. The Kier molecular flexibility index (Phi) is 6.74. The molecule has 0 N–H and O–H groups in total. The van der Waals surface area contributed by atoms with E-state index >= 15 is 0 Å². The molecule has 0 radical (unpaired) electrons. The number of aromatic nitrogens is 1. The van der Waals surface area contributed by atoms with Crippen LogP contribution in [0.1, 0.15) is 11.3 Å². The van der Waals surface area contributed by atoms with Crippen molar-refractivity contribution in [2.45, 2.75) is 11.3 Å². The first-order valence-corrected chi connectivity index (χ1v) is 12.7. The summed E-state index contributed by atoms with van der Waals surface area (Å²) in [5, 5.41) is 3.44. The van der Waals surface area contributed by atoms with E-state index in [1.807, 2.05) is 29.6 Å². The number of ether oxygens (including phenoxy) is 1. The molecule has 0 aliphatic carbocycles. The summed E-state index contributed by atoms with van der Waals surface area (Å²) in [4.78, 5) is 6.92. The van der Waals surface area contributed by atoms with Crippen LogP contribution in [-0.4, -0.2) is 51.0 Å². The van der Waals surface area contributed by atoms with Crippen LogP contribution in [0.3, 0.4) is 0 Å². The number of anilines is 1. The third kappa shape index (κ3) is 4.83. The summed E-state index contributed by atoms with van der Waals surface area (Å²) in [6, 6.07) is 12.4. The van der Waals surface area contributed by atoms with Crippen LogP contribution in [-0.2, 0) is 16.4 Å². The number of piperazine rings is 1. The molecule has 0 unspecified atom stereocenters. The lowest BCUT2D eigenvalue weighted by atomic mass is 10.1. The van der Waals surface area contributed by atoms with Crippen molar-refractivity contribution < 1.29 is 13.2 Å². The molecule has 6 nitrogen and oxygen atoms in total. The second-order valence-corrected chi connectivity index (χ2v) is 10.7. The Balaban J connectivity index is 1.43. The average molecular weight is 498 g/mol. The standard InChI is InChI=1S/C21H21Cl2N3O3S2/c1-29-19-5-3-2-4-15(19)12-17-14-30-21(24-17)25-8-10-26(11-9-25)31(27,28)20-13-16(22)6-7-18(20)23/h2-7,13-14H,8-12H2,1H3. The number of nitrogens with zero attached hydrogens (tertiary/aromatic N) is 3. The first-order chi connectivity index (χ1) is 14.9. The van der Waals surface area contributed by atoms with E-state index in [4.69, 9.17) is 32.9 Å². The molecule has 1 fully saturated rings. The predicted octanol–water partition coefficient (Wildman–Crippen LogP) is 4.56. The molecule has 31 heavy (non-hydrogen) atoms. The Morgan fingerprint density at radius 1 is 1.10 bits per heavy atom. The highest BCUT2D eigenvalue weighted by Crippen LogP contribution is 2.30. The molecule has 0 atom stereocenters. The Labute approximate surface area is 196 Å². The first kappa shape index (κ1) is 22.4. The molecule has 1 aliphatic rings. The lowest BCUT2D eigenvalue weighted by molar-refractivity contribution is 0.384. The topological polar surface area (TPSA) is 62.7 Å². The van der Waals surface area contributed by atoms with E-state index in [9.17, 15) is 8.42 Å². The third-order valence-electron chi connectivity index (χ3n) is 5.12. The van der Waals surface area contributed by atoms with Crippen LogP contribution >= 0.6 is 34.5 Å². The molecule has 4 rings (SSSR count). The zero-order valence-corrected chi connectivity index (χ0v) is 19.9. The fraction of sp³-hybridized carbons (Fsp3) is 0.286. The van der Waals surface area contributed by atoms with Gasteiger partial charge in [-0.3, -0.25) is 0 Å². The summed E-state index contributed by atoms with van der Waals surface area (Å²) in [5.74, 6) is 0.843. The van der Waals surface area contributed by atoms with Gasteiger partial charge in [0.1, 0.15) is 10.6 Å². The second-order valence-electron chi connectivity index (χ2n) is 7.08. The Morgan fingerprint density at radius 2 is 1.84 bits per heavy atom. The van der Waals surface area contributed by atoms with Crippen LogP contribution in [0.15, 0.2) is 52.7 Å². The van der Waals surface area contributed by atoms with E-state index in [0.29, 0.717) is 37.6 Å². The molecule has 1 saturated heterocycles. The molecule has 1 aliphatic heterocycles. The van der Waals surface area contributed by atoms with Gasteiger partial charge in [0, 0.05) is 48.6 Å². The normalized spacial score (nSPS) is 15.3. The van der Waals surface area contributed by atoms with Crippen molar-refractivity contribution in [1.82, 2.24) is 9.29 Å². The fourth-order valence-corrected chi connectivity index (χ4v) is 6.54. The first-order valence-electron chi connectivity index (χ1n) is 9.65. The fourth-order valence-electron chi connectivity index (χ4n) is 3.50. The minimum atomic E-state index is -3.70. The van der Waals surface area contributed by atoms with Gasteiger partial charge in [0.25, 0.3) is 0 Å². The van der Waals surface area contributed by atoms with Crippen LogP contribution in [0.5, 0.6) is 5.75 Å². The van der Waals surface area contributed by atoms with Crippen molar-refractivity contribution in [1.29, 1.82) is 0 Å². The van der Waals surface area contributed by atoms with Crippen molar-refractivity contribution in [3.63, 3.8) is 0 Å². The van der Waals surface area contributed by atoms with Crippen molar-refractivity contribution in [3.05, 3.63) is 69.1 Å². The summed E-state index contributed by atoms with van der Waals surface area (Å²) in [6.45, 7) is 1.82. The maximum absolute atomic E-state index is 13.0. The molecule has 164 valence electrons. The molecule has 1 aromatic heterocycles. The van der Waals surface area contributed by atoms with E-state index in [1.54, 1.807) is 24.5 Å². The zero-order chi connectivity index (χ0) is 22.0. The highest BCUT2D eigenvalue weighted by Gasteiger charge is 2.31. The van der Waals surface area contributed by atoms with Gasteiger partial charge in [0.15, 0.2) is 5.13 Å². The Bertz CT molecular complexity index is 1180. The largest absolute Gasteiger partial charge is 0.496 e. The van der Waals surface area contributed by atoms with Gasteiger partial charge in [-0.15, -0.1) is 11.3 Å². The number of sulfonamides is 1. The number of hydrogen-bond donors (Lipinski definition) is 0. The van der Waals surface area contributed by atoms with Crippen LogP contribution < -0.4 is 9.64 Å². The number of hydrogen-bond acceptors (Lipinski definition) is 6. The summed E-state index contributed by atoms with van der Waals surface area (Å²) in [5.41, 5.74) is 2.04. The van der Waals surface area contributed by atoms with E-state index in [0.717, 1.165) is 22.1 Å². The Hall–Kier alpha value is -1.84. The van der Waals surface area contributed by atoms with Gasteiger partial charge in [-0.2, -0.15) is 4.31 Å². The van der Waals surface area contributed by atoms with Gasteiger partial charge in [0.2, 0.25) is 10.0 Å². The van der Waals surface area contributed by atoms with Crippen LogP contribution in [0.4, 0.5) is 5.13 Å². The summed E-state index contributed by atoms with van der Waals surface area (Å²) in [7, 11) is -2.04. The number of halogens is 2. The molecule has 2 aromatic carbocycles. The van der Waals surface area contributed by atoms with Gasteiger partial charge >= 0.3 is 0 Å². The predicted molar refractivity (Wildman–Crippen MR) is 125 cm³/mol. The van der Waals surface area contributed by atoms with E-state index in [-0.39, 0.29) is 9.92 Å². The van der Waals surface area contributed by atoms with Crippen LogP contribution in [0, 0.1) is 0 Å². The van der Waals surface area contributed by atoms with Gasteiger partial charge < -0.3 is 9.64 Å². The zero-order valence-electron chi connectivity index (χ0n) is 16.8. The lowest BCUT2D eigenvalue weighted by Gasteiger charge is -2.34. The second kappa shape index (κ2) is 9.34. The Morgan fingerprint density at radius 3 is 2.58 bits per heavy atom. The number of thiazole rings is 1. The van der Waals surface area contributed by atoms with Crippen molar-refractivity contribution >= 4 is 49.7 Å². The molecule has 3 aromatic rings.